The lowest BCUT2D eigenvalue weighted by Gasteiger charge is -2.12. The van der Waals surface area contributed by atoms with Crippen LogP contribution in [-0.4, -0.2) is 34.6 Å². The molecule has 21 heavy (non-hydrogen) atoms. The van der Waals surface area contributed by atoms with E-state index in [0.717, 1.165) is 6.07 Å². The molecule has 0 heterocycles. The van der Waals surface area contributed by atoms with E-state index in [2.05, 4.69) is 5.32 Å². The predicted octanol–water partition coefficient (Wildman–Crippen LogP) is 0.794. The fraction of sp³-hybridized carbons (Fsp3) is 0.462. The van der Waals surface area contributed by atoms with Crippen LogP contribution in [0.1, 0.15) is 22.8 Å². The molecular formula is C13H19FN2O4S. The van der Waals surface area contributed by atoms with Crippen molar-refractivity contribution < 1.29 is 22.3 Å². The molecule has 0 spiro atoms. The van der Waals surface area contributed by atoms with Gasteiger partial charge in [-0.05, 0) is 30.5 Å². The fourth-order valence-corrected chi connectivity index (χ4v) is 2.49. The summed E-state index contributed by atoms with van der Waals surface area (Å²) in [5.41, 5.74) is 0.0826. The van der Waals surface area contributed by atoms with Crippen molar-refractivity contribution in [2.45, 2.75) is 18.7 Å². The molecule has 1 aromatic carbocycles. The number of methoxy groups -OCH3 is 1. The van der Waals surface area contributed by atoms with Gasteiger partial charge in [0.15, 0.2) is 0 Å². The molecule has 0 aliphatic carbocycles. The second-order valence-corrected chi connectivity index (χ2v) is 6.45. The number of hydrogen-bond donors (Lipinski definition) is 2. The van der Waals surface area contributed by atoms with Crippen LogP contribution in [0.25, 0.3) is 0 Å². The maximum atomic E-state index is 13.7. The molecule has 3 N–H and O–H groups in total. The predicted molar refractivity (Wildman–Crippen MR) is 75.9 cm³/mol. The van der Waals surface area contributed by atoms with Crippen LogP contribution in [0, 0.1) is 18.7 Å². The average molecular weight is 318 g/mol. The standard InChI is InChI=1S/C13H19FN2O4S/c1-8(7-20-3)6-16-13(17)10-4-9(2)12(14)11(5-10)21(15,18)19/h4-5,8H,6-7H2,1-3H3,(H,16,17)(H2,15,18,19). The lowest BCUT2D eigenvalue weighted by atomic mass is 10.1. The summed E-state index contributed by atoms with van der Waals surface area (Å²) in [6, 6.07) is 2.22. The number of nitrogens with two attached hydrogens (primary N) is 1. The minimum Gasteiger partial charge on any atom is -0.384 e. The van der Waals surface area contributed by atoms with Gasteiger partial charge in [-0.2, -0.15) is 0 Å². The van der Waals surface area contributed by atoms with E-state index in [9.17, 15) is 17.6 Å². The minimum atomic E-state index is -4.23. The van der Waals surface area contributed by atoms with E-state index < -0.39 is 26.6 Å². The summed E-state index contributed by atoms with van der Waals surface area (Å²) in [5, 5.41) is 7.57. The van der Waals surface area contributed by atoms with Gasteiger partial charge in [0.1, 0.15) is 10.7 Å². The molecule has 118 valence electrons. The molecule has 6 nitrogen and oxygen atoms in total. The summed E-state index contributed by atoms with van der Waals surface area (Å²) in [7, 11) is -2.67. The van der Waals surface area contributed by atoms with Crippen LogP contribution in [-0.2, 0) is 14.8 Å². The Hall–Kier alpha value is -1.51. The molecule has 0 saturated heterocycles. The van der Waals surface area contributed by atoms with Gasteiger partial charge in [-0.3, -0.25) is 4.79 Å². The van der Waals surface area contributed by atoms with Crippen LogP contribution in [0.5, 0.6) is 0 Å². The van der Waals surface area contributed by atoms with Crippen molar-refractivity contribution in [2.24, 2.45) is 11.1 Å². The summed E-state index contributed by atoms with van der Waals surface area (Å²) in [6.07, 6.45) is 0. The topological polar surface area (TPSA) is 98.5 Å². The van der Waals surface area contributed by atoms with Crippen LogP contribution in [0.4, 0.5) is 4.39 Å². The average Bonchev–Trinajstić information content (AvgIpc) is 2.38. The van der Waals surface area contributed by atoms with Crippen molar-refractivity contribution >= 4 is 15.9 Å². The Bertz CT molecular complexity index is 631. The number of aryl methyl sites for hydroxylation is 1. The molecule has 1 atom stereocenters. The molecule has 1 amide bonds. The Labute approximate surface area is 123 Å². The monoisotopic (exact) mass is 318 g/mol. The maximum absolute atomic E-state index is 13.7. The summed E-state index contributed by atoms with van der Waals surface area (Å²) in [4.78, 5) is 11.3. The third-order valence-corrected chi connectivity index (χ3v) is 3.76. The summed E-state index contributed by atoms with van der Waals surface area (Å²) in [5.74, 6) is -1.34. The first kappa shape index (κ1) is 17.5. The molecule has 1 unspecified atom stereocenters. The van der Waals surface area contributed by atoms with Crippen LogP contribution >= 0.6 is 0 Å². The van der Waals surface area contributed by atoms with Gasteiger partial charge < -0.3 is 10.1 Å². The van der Waals surface area contributed by atoms with Gasteiger partial charge in [0.05, 0.1) is 6.61 Å². The summed E-state index contributed by atoms with van der Waals surface area (Å²) < 4.78 is 41.3. The number of primary sulfonamides is 1. The third-order valence-electron chi connectivity index (χ3n) is 2.85. The van der Waals surface area contributed by atoms with Crippen LogP contribution in [0.15, 0.2) is 17.0 Å². The van der Waals surface area contributed by atoms with Gasteiger partial charge in [0.2, 0.25) is 10.0 Å². The fourth-order valence-electron chi connectivity index (χ4n) is 1.79. The van der Waals surface area contributed by atoms with E-state index in [1.54, 1.807) is 7.11 Å². The van der Waals surface area contributed by atoms with Gasteiger partial charge >= 0.3 is 0 Å². The molecular weight excluding hydrogens is 299 g/mol. The second kappa shape index (κ2) is 6.97. The number of rotatable bonds is 6. The highest BCUT2D eigenvalue weighted by molar-refractivity contribution is 7.89. The smallest absolute Gasteiger partial charge is 0.251 e. The highest BCUT2D eigenvalue weighted by Crippen LogP contribution is 2.19. The largest absolute Gasteiger partial charge is 0.384 e. The van der Waals surface area contributed by atoms with E-state index in [4.69, 9.17) is 9.88 Å². The molecule has 1 aromatic rings. The number of carbonyl (C=O) groups is 1. The lowest BCUT2D eigenvalue weighted by Crippen LogP contribution is -2.30. The zero-order chi connectivity index (χ0) is 16.2. The van der Waals surface area contributed by atoms with Gasteiger partial charge in [0.25, 0.3) is 5.91 Å². The number of amides is 1. The number of hydrogen-bond acceptors (Lipinski definition) is 4. The number of ether oxygens (including phenoxy) is 1. The molecule has 0 saturated carbocycles. The van der Waals surface area contributed by atoms with Crippen LogP contribution in [0.3, 0.4) is 0 Å². The van der Waals surface area contributed by atoms with Crippen molar-refractivity contribution in [1.29, 1.82) is 0 Å². The Morgan fingerprint density at radius 3 is 2.62 bits per heavy atom. The molecule has 0 aliphatic heterocycles. The van der Waals surface area contributed by atoms with Crippen molar-refractivity contribution in [1.82, 2.24) is 5.32 Å². The van der Waals surface area contributed by atoms with E-state index >= 15 is 0 Å². The number of benzene rings is 1. The Kier molecular flexibility index (Phi) is 5.82. The molecule has 0 aromatic heterocycles. The van der Waals surface area contributed by atoms with Gasteiger partial charge in [-0.15, -0.1) is 0 Å². The highest BCUT2D eigenvalue weighted by atomic mass is 32.2. The number of carbonyl (C=O) groups excluding carboxylic acids is 1. The SMILES string of the molecule is COCC(C)CNC(=O)c1cc(C)c(F)c(S(N)(=O)=O)c1. The van der Waals surface area contributed by atoms with Gasteiger partial charge in [-0.25, -0.2) is 17.9 Å². The Morgan fingerprint density at radius 1 is 1.48 bits per heavy atom. The van der Waals surface area contributed by atoms with Gasteiger partial charge in [0, 0.05) is 19.2 Å². The van der Waals surface area contributed by atoms with E-state index in [1.165, 1.54) is 13.0 Å². The van der Waals surface area contributed by atoms with E-state index in [-0.39, 0.29) is 17.0 Å². The first-order chi connectivity index (χ1) is 9.66. The zero-order valence-corrected chi connectivity index (χ0v) is 13.0. The Morgan fingerprint density at radius 2 is 2.10 bits per heavy atom. The highest BCUT2D eigenvalue weighted by Gasteiger charge is 2.20. The Balaban J connectivity index is 2.99. The van der Waals surface area contributed by atoms with Gasteiger partial charge in [-0.1, -0.05) is 6.92 Å². The lowest BCUT2D eigenvalue weighted by molar-refractivity contribution is 0.0933. The molecule has 0 aliphatic rings. The molecule has 0 fully saturated rings. The van der Waals surface area contributed by atoms with E-state index in [1.807, 2.05) is 6.92 Å². The first-order valence-corrected chi connectivity index (χ1v) is 7.81. The summed E-state index contributed by atoms with van der Waals surface area (Å²) >= 11 is 0. The molecule has 0 radical (unpaired) electrons. The number of nitrogens with one attached hydrogen (secondary N) is 1. The van der Waals surface area contributed by atoms with E-state index in [0.29, 0.717) is 13.2 Å². The quantitative estimate of drug-likeness (QED) is 0.810. The van der Waals surface area contributed by atoms with Crippen LogP contribution < -0.4 is 10.5 Å². The van der Waals surface area contributed by atoms with Crippen molar-refractivity contribution in [3.63, 3.8) is 0 Å². The van der Waals surface area contributed by atoms with Crippen molar-refractivity contribution in [2.75, 3.05) is 20.3 Å². The number of halogens is 1. The van der Waals surface area contributed by atoms with Crippen LogP contribution in [0.2, 0.25) is 0 Å². The zero-order valence-electron chi connectivity index (χ0n) is 12.1. The summed E-state index contributed by atoms with van der Waals surface area (Å²) in [6.45, 7) is 4.09. The number of sulfonamides is 1. The van der Waals surface area contributed by atoms with Crippen molar-refractivity contribution in [3.05, 3.63) is 29.1 Å². The molecule has 0 bridgehead atoms. The maximum Gasteiger partial charge on any atom is 0.251 e. The minimum absolute atomic E-state index is 0.0385. The van der Waals surface area contributed by atoms with Crippen molar-refractivity contribution in [3.8, 4) is 0 Å². The second-order valence-electron chi connectivity index (χ2n) is 4.92. The molecule has 1 rings (SSSR count). The molecule has 8 heteroatoms. The first-order valence-electron chi connectivity index (χ1n) is 6.27. The normalized spacial score (nSPS) is 13.0. The third kappa shape index (κ3) is 4.76.